The molecule has 2 aromatic rings. The van der Waals surface area contributed by atoms with E-state index in [9.17, 15) is 10.1 Å². The standard InChI is InChI=1S/C15H18N6OS/c1-8-12(6-16)15(18-11(4)17-8)23-7-13(22)19-14-9(2)20-21(5)10(14)3/h7H2,1-5H3,(H,19,22). The molecule has 0 aromatic carbocycles. The molecule has 0 radical (unpaired) electrons. The Bertz CT molecular complexity index is 805. The molecule has 0 aliphatic carbocycles. The highest BCUT2D eigenvalue weighted by atomic mass is 32.2. The summed E-state index contributed by atoms with van der Waals surface area (Å²) in [5, 5.41) is 16.9. The second-order valence-electron chi connectivity index (χ2n) is 5.15. The Hall–Kier alpha value is -2.40. The Kier molecular flexibility index (Phi) is 5.01. The van der Waals surface area contributed by atoms with Crippen molar-refractivity contribution in [3.8, 4) is 6.07 Å². The van der Waals surface area contributed by atoms with E-state index in [1.165, 1.54) is 11.8 Å². The van der Waals surface area contributed by atoms with Crippen LogP contribution < -0.4 is 5.32 Å². The SMILES string of the molecule is Cc1nc(C)c(C#N)c(SCC(=O)Nc2c(C)nn(C)c2C)n1. The molecule has 2 heterocycles. The topological polar surface area (TPSA) is 96.5 Å². The number of anilines is 1. The van der Waals surface area contributed by atoms with Crippen molar-refractivity contribution in [2.45, 2.75) is 32.7 Å². The van der Waals surface area contributed by atoms with Crippen LogP contribution in [-0.2, 0) is 11.8 Å². The molecule has 2 aromatic heterocycles. The van der Waals surface area contributed by atoms with Gasteiger partial charge in [-0.25, -0.2) is 9.97 Å². The lowest BCUT2D eigenvalue weighted by Crippen LogP contribution is -2.15. The Morgan fingerprint density at radius 3 is 2.52 bits per heavy atom. The number of nitriles is 1. The van der Waals surface area contributed by atoms with Crippen molar-refractivity contribution in [3.05, 3.63) is 28.5 Å². The van der Waals surface area contributed by atoms with E-state index >= 15 is 0 Å². The predicted molar refractivity (Wildman–Crippen MR) is 88.3 cm³/mol. The molecule has 8 heteroatoms. The predicted octanol–water partition coefficient (Wildman–Crippen LogP) is 2.05. The van der Waals surface area contributed by atoms with Gasteiger partial charge in [-0.3, -0.25) is 9.48 Å². The molecule has 0 saturated carbocycles. The molecule has 23 heavy (non-hydrogen) atoms. The number of nitrogens with one attached hydrogen (secondary N) is 1. The molecule has 120 valence electrons. The second-order valence-corrected chi connectivity index (χ2v) is 6.12. The number of hydrogen-bond acceptors (Lipinski definition) is 6. The Labute approximate surface area is 139 Å². The zero-order chi connectivity index (χ0) is 17.1. The van der Waals surface area contributed by atoms with E-state index in [-0.39, 0.29) is 11.7 Å². The monoisotopic (exact) mass is 330 g/mol. The minimum atomic E-state index is -0.160. The number of nitrogens with zero attached hydrogens (tertiary/aromatic N) is 5. The van der Waals surface area contributed by atoms with E-state index in [4.69, 9.17) is 0 Å². The van der Waals surface area contributed by atoms with Crippen LogP contribution in [0.1, 0.15) is 28.5 Å². The highest BCUT2D eigenvalue weighted by Crippen LogP contribution is 2.23. The van der Waals surface area contributed by atoms with E-state index < -0.39 is 0 Å². The maximum Gasteiger partial charge on any atom is 0.234 e. The van der Waals surface area contributed by atoms with Gasteiger partial charge in [-0.1, -0.05) is 11.8 Å². The van der Waals surface area contributed by atoms with Crippen LogP contribution in [0.2, 0.25) is 0 Å². The van der Waals surface area contributed by atoms with Crippen LogP contribution in [-0.4, -0.2) is 31.4 Å². The van der Waals surface area contributed by atoms with Gasteiger partial charge in [-0.15, -0.1) is 0 Å². The fourth-order valence-corrected chi connectivity index (χ4v) is 3.05. The zero-order valence-electron chi connectivity index (χ0n) is 13.8. The Morgan fingerprint density at radius 1 is 1.26 bits per heavy atom. The summed E-state index contributed by atoms with van der Waals surface area (Å²) >= 11 is 1.23. The lowest BCUT2D eigenvalue weighted by atomic mass is 10.3. The molecule has 0 aliphatic heterocycles. The first-order chi connectivity index (χ1) is 10.8. The summed E-state index contributed by atoms with van der Waals surface area (Å²) in [6, 6.07) is 2.10. The van der Waals surface area contributed by atoms with Crippen LogP contribution in [0.3, 0.4) is 0 Å². The molecule has 0 unspecified atom stereocenters. The van der Waals surface area contributed by atoms with Gasteiger partial charge in [0.1, 0.15) is 22.5 Å². The summed E-state index contributed by atoms with van der Waals surface area (Å²) in [6.07, 6.45) is 0. The molecule has 0 saturated heterocycles. The molecule has 7 nitrogen and oxygen atoms in total. The highest BCUT2D eigenvalue weighted by Gasteiger charge is 2.15. The average molecular weight is 330 g/mol. The number of aryl methyl sites for hydroxylation is 4. The molecule has 0 atom stereocenters. The van der Waals surface area contributed by atoms with Crippen molar-refractivity contribution in [2.24, 2.45) is 7.05 Å². The maximum atomic E-state index is 12.2. The molecule has 0 bridgehead atoms. The van der Waals surface area contributed by atoms with Gasteiger partial charge in [0.2, 0.25) is 5.91 Å². The fourth-order valence-electron chi connectivity index (χ4n) is 2.18. The summed E-state index contributed by atoms with van der Waals surface area (Å²) in [4.78, 5) is 20.6. The normalized spacial score (nSPS) is 10.4. The number of carbonyl (C=O) groups is 1. The highest BCUT2D eigenvalue weighted by molar-refractivity contribution is 8.00. The van der Waals surface area contributed by atoms with Gasteiger partial charge >= 0.3 is 0 Å². The molecule has 2 rings (SSSR count). The smallest absolute Gasteiger partial charge is 0.234 e. The maximum absolute atomic E-state index is 12.2. The number of amides is 1. The van der Waals surface area contributed by atoms with Crippen molar-refractivity contribution in [2.75, 3.05) is 11.1 Å². The minimum absolute atomic E-state index is 0.160. The summed E-state index contributed by atoms with van der Waals surface area (Å²) in [7, 11) is 1.83. The number of aromatic nitrogens is 4. The van der Waals surface area contributed by atoms with Crippen molar-refractivity contribution in [1.29, 1.82) is 5.26 Å². The average Bonchev–Trinajstić information content (AvgIpc) is 2.71. The molecular formula is C15H18N6OS. The largest absolute Gasteiger partial charge is 0.322 e. The van der Waals surface area contributed by atoms with Crippen LogP contribution in [0.15, 0.2) is 5.03 Å². The first-order valence-electron chi connectivity index (χ1n) is 7.01. The third-order valence-electron chi connectivity index (χ3n) is 3.39. The van der Waals surface area contributed by atoms with Gasteiger partial charge in [0, 0.05) is 7.05 Å². The lowest BCUT2D eigenvalue weighted by Gasteiger charge is -2.08. The Morgan fingerprint density at radius 2 is 1.96 bits per heavy atom. The van der Waals surface area contributed by atoms with E-state index in [2.05, 4.69) is 26.5 Å². The van der Waals surface area contributed by atoms with Crippen LogP contribution in [0.5, 0.6) is 0 Å². The summed E-state index contributed by atoms with van der Waals surface area (Å²) in [6.45, 7) is 7.27. The summed E-state index contributed by atoms with van der Waals surface area (Å²) in [5.41, 5.74) is 3.44. The molecule has 0 fully saturated rings. The Balaban J connectivity index is 2.10. The first-order valence-corrected chi connectivity index (χ1v) is 8.00. The summed E-state index contributed by atoms with van der Waals surface area (Å²) < 4.78 is 1.73. The van der Waals surface area contributed by atoms with Crippen LogP contribution in [0, 0.1) is 39.0 Å². The first kappa shape index (κ1) is 17.0. The third kappa shape index (κ3) is 3.68. The molecule has 1 N–H and O–H groups in total. The van der Waals surface area contributed by atoms with Crippen molar-refractivity contribution >= 4 is 23.4 Å². The van der Waals surface area contributed by atoms with Crippen LogP contribution in [0.4, 0.5) is 5.69 Å². The fraction of sp³-hybridized carbons (Fsp3) is 0.400. The number of hydrogen-bond donors (Lipinski definition) is 1. The quantitative estimate of drug-likeness (QED) is 0.681. The second kappa shape index (κ2) is 6.79. The molecule has 1 amide bonds. The van der Waals surface area contributed by atoms with E-state index in [0.717, 1.165) is 17.1 Å². The molecule has 0 spiro atoms. The molecular weight excluding hydrogens is 312 g/mol. The van der Waals surface area contributed by atoms with Crippen molar-refractivity contribution in [1.82, 2.24) is 19.7 Å². The van der Waals surface area contributed by atoms with Gasteiger partial charge in [-0.05, 0) is 27.7 Å². The minimum Gasteiger partial charge on any atom is -0.322 e. The third-order valence-corrected chi connectivity index (χ3v) is 4.37. The molecule has 0 aliphatic rings. The zero-order valence-corrected chi connectivity index (χ0v) is 14.6. The number of thioether (sulfide) groups is 1. The van der Waals surface area contributed by atoms with Gasteiger partial charge in [-0.2, -0.15) is 10.4 Å². The van der Waals surface area contributed by atoms with E-state index in [1.54, 1.807) is 18.5 Å². The van der Waals surface area contributed by atoms with E-state index in [0.29, 0.717) is 22.1 Å². The number of carbonyl (C=O) groups excluding carboxylic acids is 1. The van der Waals surface area contributed by atoms with Gasteiger partial charge in [0.25, 0.3) is 0 Å². The van der Waals surface area contributed by atoms with Gasteiger partial charge in [0.05, 0.1) is 28.5 Å². The van der Waals surface area contributed by atoms with Crippen molar-refractivity contribution < 1.29 is 4.79 Å². The summed E-state index contributed by atoms with van der Waals surface area (Å²) in [5.74, 6) is 0.591. The van der Waals surface area contributed by atoms with Crippen LogP contribution >= 0.6 is 11.8 Å². The lowest BCUT2D eigenvalue weighted by molar-refractivity contribution is -0.113. The van der Waals surface area contributed by atoms with Gasteiger partial charge < -0.3 is 5.32 Å². The van der Waals surface area contributed by atoms with E-state index in [1.807, 2.05) is 20.9 Å². The van der Waals surface area contributed by atoms with Gasteiger partial charge in [0.15, 0.2) is 0 Å². The number of rotatable bonds is 4. The van der Waals surface area contributed by atoms with Crippen LogP contribution in [0.25, 0.3) is 0 Å². The van der Waals surface area contributed by atoms with Crippen molar-refractivity contribution in [3.63, 3.8) is 0 Å².